The standard InChI is InChI=1S/C6H8N2O2.H3O4P/c7-3-1-4(8)6(10)2-5(3)9;1-5(2,3)4/h1-2,9-10H,7-8H2;(H3,1,2,3,4). The average molecular weight is 238 g/mol. The van der Waals surface area contributed by atoms with Gasteiger partial charge in [-0.1, -0.05) is 0 Å². The number of nitrogen functional groups attached to an aromatic ring is 2. The Hall–Kier alpha value is -1.47. The van der Waals surface area contributed by atoms with Crippen LogP contribution in [0.15, 0.2) is 12.1 Å². The molecule has 15 heavy (non-hydrogen) atoms. The lowest BCUT2D eigenvalue weighted by Crippen LogP contribution is -1.90. The quantitative estimate of drug-likeness (QED) is 0.135. The zero-order valence-corrected chi connectivity index (χ0v) is 8.30. The van der Waals surface area contributed by atoms with Gasteiger partial charge in [0.05, 0.1) is 11.4 Å². The highest BCUT2D eigenvalue weighted by atomic mass is 31.2. The van der Waals surface area contributed by atoms with Gasteiger partial charge in [0.1, 0.15) is 11.5 Å². The highest BCUT2D eigenvalue weighted by molar-refractivity contribution is 7.45. The molecule has 1 aromatic rings. The van der Waals surface area contributed by atoms with Gasteiger partial charge >= 0.3 is 7.82 Å². The van der Waals surface area contributed by atoms with Crippen LogP contribution in [0.25, 0.3) is 0 Å². The first kappa shape index (κ1) is 13.5. The second-order valence-corrected chi connectivity index (χ2v) is 3.51. The predicted octanol–water partition coefficient (Wildman–Crippen LogP) is -0.666. The van der Waals surface area contributed by atoms with E-state index in [4.69, 9.17) is 40.9 Å². The van der Waals surface area contributed by atoms with Crippen LogP contribution in [0, 0.1) is 0 Å². The average Bonchev–Trinajstić information content (AvgIpc) is 1.98. The Kier molecular flexibility index (Phi) is 4.38. The van der Waals surface area contributed by atoms with Crippen molar-refractivity contribution in [1.82, 2.24) is 0 Å². The second-order valence-electron chi connectivity index (χ2n) is 2.48. The van der Waals surface area contributed by atoms with Crippen molar-refractivity contribution in [2.45, 2.75) is 0 Å². The lowest BCUT2D eigenvalue weighted by Gasteiger charge is -2.01. The molecule has 0 atom stereocenters. The summed E-state index contributed by atoms with van der Waals surface area (Å²) in [5.41, 5.74) is 10.8. The molecule has 0 saturated heterocycles. The van der Waals surface area contributed by atoms with E-state index in [0.717, 1.165) is 6.07 Å². The van der Waals surface area contributed by atoms with E-state index in [9.17, 15) is 0 Å². The minimum absolute atomic E-state index is 0.160. The maximum absolute atomic E-state index is 8.88. The van der Waals surface area contributed by atoms with Gasteiger partial charge in [0.15, 0.2) is 0 Å². The topological polar surface area (TPSA) is 170 Å². The van der Waals surface area contributed by atoms with E-state index in [0.29, 0.717) is 0 Å². The molecule has 1 rings (SSSR count). The number of phosphoric acid groups is 1. The van der Waals surface area contributed by atoms with Crippen molar-refractivity contribution in [3.63, 3.8) is 0 Å². The normalized spacial score (nSPS) is 10.3. The maximum Gasteiger partial charge on any atom is 0.466 e. The monoisotopic (exact) mass is 238 g/mol. The molecule has 86 valence electrons. The first-order valence-corrected chi connectivity index (χ1v) is 5.03. The molecular weight excluding hydrogens is 227 g/mol. The summed E-state index contributed by atoms with van der Waals surface area (Å²) in [4.78, 5) is 21.6. The highest BCUT2D eigenvalue weighted by Gasteiger charge is 2.01. The van der Waals surface area contributed by atoms with Crippen molar-refractivity contribution in [3.8, 4) is 11.5 Å². The molecular formula is C6H11N2O6P. The summed E-state index contributed by atoms with van der Waals surface area (Å²) < 4.78 is 8.88. The van der Waals surface area contributed by atoms with Crippen LogP contribution in [0.1, 0.15) is 0 Å². The van der Waals surface area contributed by atoms with E-state index in [2.05, 4.69) is 0 Å². The molecule has 0 bridgehead atoms. The molecule has 0 unspecified atom stereocenters. The van der Waals surface area contributed by atoms with Gasteiger partial charge in [0.25, 0.3) is 0 Å². The molecule has 9 heteroatoms. The van der Waals surface area contributed by atoms with Crippen molar-refractivity contribution in [1.29, 1.82) is 0 Å². The van der Waals surface area contributed by atoms with Gasteiger partial charge in [-0.25, -0.2) is 4.57 Å². The first-order chi connectivity index (χ1) is 6.61. The van der Waals surface area contributed by atoms with Crippen LogP contribution in [0.3, 0.4) is 0 Å². The van der Waals surface area contributed by atoms with Crippen LogP contribution in [0.2, 0.25) is 0 Å². The van der Waals surface area contributed by atoms with Gasteiger partial charge in [0, 0.05) is 6.07 Å². The Bertz CT molecular complexity index is 331. The van der Waals surface area contributed by atoms with Crippen LogP contribution in [-0.4, -0.2) is 24.9 Å². The smallest absolute Gasteiger partial charge is 0.466 e. The van der Waals surface area contributed by atoms with Gasteiger partial charge in [-0.05, 0) is 6.07 Å². The fourth-order valence-electron chi connectivity index (χ4n) is 0.612. The van der Waals surface area contributed by atoms with Crippen molar-refractivity contribution in [3.05, 3.63) is 12.1 Å². The van der Waals surface area contributed by atoms with Gasteiger partial charge in [-0.3, -0.25) is 0 Å². The molecule has 8 nitrogen and oxygen atoms in total. The number of benzene rings is 1. The lowest BCUT2D eigenvalue weighted by molar-refractivity contribution is 0.275. The van der Waals surface area contributed by atoms with Gasteiger partial charge < -0.3 is 36.4 Å². The van der Waals surface area contributed by atoms with Gasteiger partial charge in [0.2, 0.25) is 0 Å². The number of hydrogen-bond acceptors (Lipinski definition) is 5. The van der Waals surface area contributed by atoms with Crippen LogP contribution in [0.5, 0.6) is 11.5 Å². The molecule has 0 spiro atoms. The Morgan fingerprint density at radius 3 is 1.40 bits per heavy atom. The fraction of sp³-hybridized carbons (Fsp3) is 0. The molecule has 0 aliphatic carbocycles. The summed E-state index contributed by atoms with van der Waals surface area (Å²) in [7, 11) is -4.64. The third-order valence-corrected chi connectivity index (χ3v) is 1.18. The van der Waals surface area contributed by atoms with E-state index in [1.54, 1.807) is 0 Å². The molecule has 0 heterocycles. The zero-order valence-electron chi connectivity index (χ0n) is 7.40. The lowest BCUT2D eigenvalue weighted by atomic mass is 10.2. The largest absolute Gasteiger partial charge is 0.506 e. The van der Waals surface area contributed by atoms with Gasteiger partial charge in [-0.15, -0.1) is 0 Å². The molecule has 9 N–H and O–H groups in total. The highest BCUT2D eigenvalue weighted by Crippen LogP contribution is 2.30. The van der Waals surface area contributed by atoms with Crippen LogP contribution < -0.4 is 11.5 Å². The number of anilines is 2. The Labute approximate surface area is 84.6 Å². The van der Waals surface area contributed by atoms with Crippen molar-refractivity contribution in [2.75, 3.05) is 11.5 Å². The van der Waals surface area contributed by atoms with E-state index < -0.39 is 7.82 Å². The Morgan fingerprint density at radius 1 is 0.933 bits per heavy atom. The number of rotatable bonds is 0. The van der Waals surface area contributed by atoms with Crippen molar-refractivity contribution >= 4 is 19.2 Å². The number of hydrogen-bond donors (Lipinski definition) is 7. The minimum Gasteiger partial charge on any atom is -0.506 e. The molecule has 0 radical (unpaired) electrons. The second kappa shape index (κ2) is 4.85. The number of nitrogens with two attached hydrogens (primary N) is 2. The SMILES string of the molecule is Nc1cc(N)c(O)cc1O.O=P(O)(O)O. The summed E-state index contributed by atoms with van der Waals surface area (Å²) >= 11 is 0. The molecule has 1 aromatic carbocycles. The number of phenolic OH excluding ortho intramolecular Hbond substituents is 2. The van der Waals surface area contributed by atoms with Crippen LogP contribution >= 0.6 is 7.82 Å². The first-order valence-electron chi connectivity index (χ1n) is 3.46. The summed E-state index contributed by atoms with van der Waals surface area (Å²) in [5.74, 6) is -0.321. The van der Waals surface area contributed by atoms with E-state index >= 15 is 0 Å². The summed E-state index contributed by atoms with van der Waals surface area (Å²) in [6.45, 7) is 0. The zero-order chi connectivity index (χ0) is 12.2. The maximum atomic E-state index is 8.88. The van der Waals surface area contributed by atoms with E-state index in [1.807, 2.05) is 0 Å². The third-order valence-electron chi connectivity index (χ3n) is 1.18. The third kappa shape index (κ3) is 6.58. The van der Waals surface area contributed by atoms with Crippen molar-refractivity contribution < 1.29 is 29.5 Å². The van der Waals surface area contributed by atoms with Crippen LogP contribution in [0.4, 0.5) is 11.4 Å². The fourth-order valence-corrected chi connectivity index (χ4v) is 0.612. The Morgan fingerprint density at radius 2 is 1.20 bits per heavy atom. The summed E-state index contributed by atoms with van der Waals surface area (Å²) in [5, 5.41) is 17.8. The van der Waals surface area contributed by atoms with E-state index in [1.165, 1.54) is 6.07 Å². The predicted molar refractivity (Wildman–Crippen MR) is 52.9 cm³/mol. The van der Waals surface area contributed by atoms with Crippen molar-refractivity contribution in [2.24, 2.45) is 0 Å². The van der Waals surface area contributed by atoms with E-state index in [-0.39, 0.29) is 22.9 Å². The molecule has 0 aliphatic heterocycles. The molecule has 0 saturated carbocycles. The Balaban J connectivity index is 0.000000336. The molecule has 0 amide bonds. The summed E-state index contributed by atoms with van der Waals surface area (Å²) in [6.07, 6.45) is 0. The molecule has 0 aromatic heterocycles. The number of phenols is 2. The van der Waals surface area contributed by atoms with Gasteiger partial charge in [-0.2, -0.15) is 0 Å². The molecule has 0 aliphatic rings. The van der Waals surface area contributed by atoms with Crippen LogP contribution in [-0.2, 0) is 4.57 Å². The summed E-state index contributed by atoms with van der Waals surface area (Å²) in [6, 6.07) is 2.40. The molecule has 0 fully saturated rings. The number of aromatic hydroxyl groups is 2. The minimum atomic E-state index is -4.64.